The Balaban J connectivity index is 1.32. The highest BCUT2D eigenvalue weighted by Crippen LogP contribution is 2.31. The van der Waals surface area contributed by atoms with E-state index in [-0.39, 0.29) is 0 Å². The summed E-state index contributed by atoms with van der Waals surface area (Å²) in [7, 11) is 2.06. The van der Waals surface area contributed by atoms with Crippen molar-refractivity contribution in [3.8, 4) is 6.07 Å². The molecule has 1 saturated heterocycles. The number of hydrogen-bond acceptors (Lipinski definition) is 6. The van der Waals surface area contributed by atoms with Crippen molar-refractivity contribution in [1.29, 1.82) is 5.26 Å². The topological polar surface area (TPSA) is 68.9 Å². The van der Waals surface area contributed by atoms with Gasteiger partial charge in [-0.25, -0.2) is 4.98 Å². The Labute approximate surface area is 159 Å². The van der Waals surface area contributed by atoms with E-state index in [1.807, 2.05) is 6.07 Å². The number of aromatic nitrogens is 3. The van der Waals surface area contributed by atoms with Gasteiger partial charge in [0.2, 0.25) is 0 Å². The maximum Gasteiger partial charge on any atom is 0.151 e. The average Bonchev–Trinajstić information content (AvgIpc) is 3.13. The first kappa shape index (κ1) is 16.5. The monoisotopic (exact) mass is 360 g/mol. The van der Waals surface area contributed by atoms with Crippen molar-refractivity contribution in [3.05, 3.63) is 40.2 Å². The molecule has 0 N–H and O–H groups in total. The number of anilines is 2. The van der Waals surface area contributed by atoms with Gasteiger partial charge in [0.15, 0.2) is 5.82 Å². The number of likely N-dealkylation sites (N-methyl/N-ethyl adjacent to an activating group) is 1. The highest BCUT2D eigenvalue weighted by atomic mass is 15.4. The maximum absolute atomic E-state index is 9.57. The second-order valence-electron chi connectivity index (χ2n) is 7.98. The molecule has 0 unspecified atom stereocenters. The molecule has 0 spiro atoms. The van der Waals surface area contributed by atoms with Gasteiger partial charge in [0.1, 0.15) is 11.9 Å². The Hall–Kier alpha value is -2.68. The maximum atomic E-state index is 9.57. The second kappa shape index (κ2) is 6.49. The molecule has 0 atom stereocenters. The fraction of sp³-hybridized carbons (Fsp3) is 0.524. The van der Waals surface area contributed by atoms with Crippen LogP contribution < -0.4 is 9.80 Å². The van der Waals surface area contributed by atoms with Crippen LogP contribution in [0.2, 0.25) is 0 Å². The van der Waals surface area contributed by atoms with Crippen molar-refractivity contribution in [2.24, 2.45) is 0 Å². The lowest BCUT2D eigenvalue weighted by atomic mass is 9.96. The smallest absolute Gasteiger partial charge is 0.151 e. The van der Waals surface area contributed by atoms with Crippen LogP contribution in [0.5, 0.6) is 0 Å². The van der Waals surface area contributed by atoms with Crippen LogP contribution in [-0.2, 0) is 25.7 Å². The van der Waals surface area contributed by atoms with Crippen LogP contribution in [0.25, 0.3) is 0 Å². The molecule has 1 aliphatic heterocycles. The molecule has 3 aliphatic rings. The standard InChI is InChI=1S/C21H24N6/c1-26(21-16(11-22)9-14-6-4-8-18(14)23-21)17-12-27(13-17)20-10-15-5-2-3-7-19(15)24-25-20/h9-10,17H,2-8,12-13H2,1H3. The molecule has 2 aromatic heterocycles. The third kappa shape index (κ3) is 2.82. The number of hydrogen-bond donors (Lipinski definition) is 0. The highest BCUT2D eigenvalue weighted by Gasteiger charge is 2.33. The minimum absolute atomic E-state index is 0.349. The molecule has 2 aromatic rings. The lowest BCUT2D eigenvalue weighted by Crippen LogP contribution is -2.59. The summed E-state index contributed by atoms with van der Waals surface area (Å²) in [6.07, 6.45) is 7.90. The molecular formula is C21H24N6. The van der Waals surface area contributed by atoms with Gasteiger partial charge in [-0.05, 0) is 68.2 Å². The Morgan fingerprint density at radius 1 is 1.00 bits per heavy atom. The molecule has 0 amide bonds. The molecular weight excluding hydrogens is 336 g/mol. The van der Waals surface area contributed by atoms with Crippen LogP contribution in [0.4, 0.5) is 11.6 Å². The van der Waals surface area contributed by atoms with Gasteiger partial charge in [-0.15, -0.1) is 5.10 Å². The summed E-state index contributed by atoms with van der Waals surface area (Å²) in [6, 6.07) is 6.97. The first-order valence-corrected chi connectivity index (χ1v) is 9.99. The molecule has 6 nitrogen and oxygen atoms in total. The molecule has 0 saturated carbocycles. The SMILES string of the molecule is CN(c1nc2c(cc1C#N)CCC2)C1CN(c2cc3c(nn2)CCCC3)C1. The van der Waals surface area contributed by atoms with Gasteiger partial charge in [-0.1, -0.05) is 0 Å². The van der Waals surface area contributed by atoms with Gasteiger partial charge in [0.25, 0.3) is 0 Å². The van der Waals surface area contributed by atoms with Crippen molar-refractivity contribution in [2.45, 2.75) is 51.0 Å². The Kier molecular flexibility index (Phi) is 3.96. The molecule has 3 heterocycles. The zero-order valence-corrected chi connectivity index (χ0v) is 15.8. The van der Waals surface area contributed by atoms with Crippen molar-refractivity contribution in [1.82, 2.24) is 15.2 Å². The summed E-state index contributed by atoms with van der Waals surface area (Å²) in [5.41, 5.74) is 5.68. The summed E-state index contributed by atoms with van der Waals surface area (Å²) in [5, 5.41) is 18.5. The summed E-state index contributed by atoms with van der Waals surface area (Å²) < 4.78 is 0. The predicted molar refractivity (Wildman–Crippen MR) is 104 cm³/mol. The normalized spacial score (nSPS) is 18.4. The van der Waals surface area contributed by atoms with E-state index in [9.17, 15) is 5.26 Å². The number of fused-ring (bicyclic) bond motifs is 2. The molecule has 2 aliphatic carbocycles. The lowest BCUT2D eigenvalue weighted by Gasteiger charge is -2.45. The summed E-state index contributed by atoms with van der Waals surface area (Å²) in [4.78, 5) is 9.30. The van der Waals surface area contributed by atoms with Gasteiger partial charge in [-0.3, -0.25) is 0 Å². The molecule has 6 heteroatoms. The van der Waals surface area contributed by atoms with E-state index in [0.29, 0.717) is 11.6 Å². The molecule has 1 fully saturated rings. The van der Waals surface area contributed by atoms with E-state index in [1.54, 1.807) is 0 Å². The first-order valence-electron chi connectivity index (χ1n) is 9.99. The van der Waals surface area contributed by atoms with Crippen LogP contribution >= 0.6 is 0 Å². The highest BCUT2D eigenvalue weighted by molar-refractivity contribution is 5.59. The van der Waals surface area contributed by atoms with Crippen LogP contribution in [0.1, 0.15) is 47.3 Å². The number of pyridine rings is 1. The Bertz CT molecular complexity index is 925. The van der Waals surface area contributed by atoms with Crippen LogP contribution in [-0.4, -0.2) is 41.4 Å². The number of rotatable bonds is 3. The fourth-order valence-electron chi connectivity index (χ4n) is 4.51. The minimum Gasteiger partial charge on any atom is -0.352 e. The molecule has 0 bridgehead atoms. The average molecular weight is 360 g/mol. The van der Waals surface area contributed by atoms with Gasteiger partial charge in [-0.2, -0.15) is 10.4 Å². The Morgan fingerprint density at radius 2 is 1.74 bits per heavy atom. The van der Waals surface area contributed by atoms with Gasteiger partial charge in [0.05, 0.1) is 17.3 Å². The number of nitriles is 1. The molecule has 138 valence electrons. The molecule has 0 aromatic carbocycles. The van der Waals surface area contributed by atoms with Crippen molar-refractivity contribution < 1.29 is 0 Å². The minimum atomic E-state index is 0.349. The fourth-order valence-corrected chi connectivity index (χ4v) is 4.51. The van der Waals surface area contributed by atoms with Gasteiger partial charge < -0.3 is 9.80 Å². The summed E-state index contributed by atoms with van der Waals surface area (Å²) in [5.74, 6) is 1.82. The zero-order chi connectivity index (χ0) is 18.4. The third-order valence-corrected chi connectivity index (χ3v) is 6.28. The van der Waals surface area contributed by atoms with E-state index in [4.69, 9.17) is 4.98 Å². The van der Waals surface area contributed by atoms with Crippen molar-refractivity contribution in [2.75, 3.05) is 29.9 Å². The first-order chi connectivity index (χ1) is 13.2. The van der Waals surface area contributed by atoms with E-state index < -0.39 is 0 Å². The third-order valence-electron chi connectivity index (χ3n) is 6.28. The van der Waals surface area contributed by atoms with Crippen LogP contribution in [0.3, 0.4) is 0 Å². The lowest BCUT2D eigenvalue weighted by molar-refractivity contribution is 0.486. The van der Waals surface area contributed by atoms with Crippen molar-refractivity contribution >= 4 is 11.6 Å². The van der Waals surface area contributed by atoms with E-state index in [2.05, 4.69) is 39.2 Å². The Morgan fingerprint density at radius 3 is 2.59 bits per heavy atom. The van der Waals surface area contributed by atoms with Crippen molar-refractivity contribution in [3.63, 3.8) is 0 Å². The predicted octanol–water partition coefficient (Wildman–Crippen LogP) is 2.44. The van der Waals surface area contributed by atoms with Crippen LogP contribution in [0, 0.1) is 11.3 Å². The molecule has 5 rings (SSSR count). The second-order valence-corrected chi connectivity index (χ2v) is 7.98. The molecule has 0 radical (unpaired) electrons. The van der Waals surface area contributed by atoms with E-state index in [0.717, 1.165) is 56.8 Å². The van der Waals surface area contributed by atoms with Gasteiger partial charge >= 0.3 is 0 Å². The number of nitrogens with zero attached hydrogens (tertiary/aromatic N) is 6. The zero-order valence-electron chi connectivity index (χ0n) is 15.8. The summed E-state index contributed by atoms with van der Waals surface area (Å²) >= 11 is 0. The van der Waals surface area contributed by atoms with E-state index in [1.165, 1.54) is 35.4 Å². The number of aryl methyl sites for hydroxylation is 4. The van der Waals surface area contributed by atoms with Crippen LogP contribution in [0.15, 0.2) is 12.1 Å². The quantitative estimate of drug-likeness (QED) is 0.837. The van der Waals surface area contributed by atoms with E-state index >= 15 is 0 Å². The largest absolute Gasteiger partial charge is 0.352 e. The molecule has 27 heavy (non-hydrogen) atoms. The summed E-state index contributed by atoms with van der Waals surface area (Å²) in [6.45, 7) is 1.79. The van der Waals surface area contributed by atoms with Gasteiger partial charge in [0, 0.05) is 25.8 Å².